The van der Waals surface area contributed by atoms with Gasteiger partial charge in [0.05, 0.1) is 25.6 Å². The van der Waals surface area contributed by atoms with E-state index in [1.165, 1.54) is 10.8 Å². The van der Waals surface area contributed by atoms with Gasteiger partial charge in [-0.3, -0.25) is 9.69 Å². The van der Waals surface area contributed by atoms with Crippen LogP contribution in [0.5, 0.6) is 5.75 Å². The molecule has 0 saturated heterocycles. The number of ether oxygens (including phenoxy) is 1. The highest BCUT2D eigenvalue weighted by molar-refractivity contribution is 5.94. The number of fused-ring (bicyclic) bond motifs is 1. The van der Waals surface area contributed by atoms with Crippen LogP contribution in [-0.4, -0.2) is 37.6 Å². The summed E-state index contributed by atoms with van der Waals surface area (Å²) in [7, 11) is 1.94. The Morgan fingerprint density at radius 2 is 1.77 bits per heavy atom. The number of rotatable bonds is 9. The largest absolute Gasteiger partial charge is 0.494 e. The Balaban J connectivity index is 1.68. The predicted molar refractivity (Wildman–Crippen MR) is 120 cm³/mol. The van der Waals surface area contributed by atoms with Gasteiger partial charge in [0.15, 0.2) is 0 Å². The third-order valence-corrected chi connectivity index (χ3v) is 4.88. The van der Waals surface area contributed by atoms with Crippen LogP contribution < -0.4 is 9.64 Å². The number of nitriles is 1. The molecule has 30 heavy (non-hydrogen) atoms. The number of anilines is 1. The van der Waals surface area contributed by atoms with E-state index in [9.17, 15) is 4.79 Å². The predicted octanol–water partition coefficient (Wildman–Crippen LogP) is 4.62. The molecule has 0 aliphatic heterocycles. The quantitative estimate of drug-likeness (QED) is 0.525. The normalized spacial score (nSPS) is 10.7. The summed E-state index contributed by atoms with van der Waals surface area (Å²) in [6.45, 7) is 3.84. The summed E-state index contributed by atoms with van der Waals surface area (Å²) in [6, 6.07) is 24.2. The molecular formula is C25H27N3O2. The van der Waals surface area contributed by atoms with Crippen molar-refractivity contribution in [3.8, 4) is 11.8 Å². The van der Waals surface area contributed by atoms with Gasteiger partial charge in [-0.05, 0) is 60.6 Å². The fraction of sp³-hybridized carbons (Fsp3) is 0.280. The third-order valence-electron chi connectivity index (χ3n) is 4.88. The van der Waals surface area contributed by atoms with Crippen LogP contribution in [0.3, 0.4) is 0 Å². The second-order valence-electron chi connectivity index (χ2n) is 7.23. The van der Waals surface area contributed by atoms with Gasteiger partial charge in [-0.15, -0.1) is 0 Å². The average molecular weight is 402 g/mol. The minimum atomic E-state index is -0.0299. The van der Waals surface area contributed by atoms with Crippen LogP contribution in [0.25, 0.3) is 10.8 Å². The Morgan fingerprint density at radius 3 is 2.47 bits per heavy atom. The second kappa shape index (κ2) is 10.4. The molecular weight excluding hydrogens is 374 g/mol. The first-order valence-corrected chi connectivity index (χ1v) is 10.2. The van der Waals surface area contributed by atoms with Crippen LogP contribution in [-0.2, 0) is 11.3 Å². The van der Waals surface area contributed by atoms with Gasteiger partial charge < -0.3 is 9.64 Å². The number of nitrogens with zero attached hydrogens (tertiary/aromatic N) is 3. The van der Waals surface area contributed by atoms with E-state index in [0.717, 1.165) is 17.0 Å². The van der Waals surface area contributed by atoms with Crippen LogP contribution in [0.15, 0.2) is 66.7 Å². The van der Waals surface area contributed by atoms with Crippen LogP contribution in [0.2, 0.25) is 0 Å². The van der Waals surface area contributed by atoms with Gasteiger partial charge in [0, 0.05) is 18.8 Å². The number of benzene rings is 3. The van der Waals surface area contributed by atoms with Crippen molar-refractivity contribution in [1.82, 2.24) is 4.90 Å². The maximum Gasteiger partial charge on any atom is 0.241 e. The molecule has 0 saturated carbocycles. The zero-order valence-electron chi connectivity index (χ0n) is 17.5. The summed E-state index contributed by atoms with van der Waals surface area (Å²) in [5.74, 6) is 0.736. The molecule has 0 heterocycles. The van der Waals surface area contributed by atoms with Gasteiger partial charge in [0.25, 0.3) is 0 Å². The molecule has 0 aliphatic rings. The molecule has 0 fully saturated rings. The minimum Gasteiger partial charge on any atom is -0.494 e. The summed E-state index contributed by atoms with van der Waals surface area (Å²) in [5.41, 5.74) is 1.94. The minimum absolute atomic E-state index is 0.0299. The van der Waals surface area contributed by atoms with Crippen LogP contribution >= 0.6 is 0 Å². The molecule has 3 aromatic carbocycles. The molecule has 0 aliphatic carbocycles. The topological polar surface area (TPSA) is 56.6 Å². The summed E-state index contributed by atoms with van der Waals surface area (Å²) < 4.78 is 5.48. The summed E-state index contributed by atoms with van der Waals surface area (Å²) in [5, 5.41) is 11.4. The molecule has 154 valence electrons. The van der Waals surface area contributed by atoms with E-state index in [4.69, 9.17) is 10.00 Å². The van der Waals surface area contributed by atoms with Gasteiger partial charge in [0.1, 0.15) is 5.75 Å². The van der Waals surface area contributed by atoms with E-state index in [2.05, 4.69) is 36.4 Å². The van der Waals surface area contributed by atoms with Crippen molar-refractivity contribution < 1.29 is 9.53 Å². The molecule has 5 nitrogen and oxygen atoms in total. The van der Waals surface area contributed by atoms with Crippen LogP contribution in [0.4, 0.5) is 5.69 Å². The molecule has 0 atom stereocenters. The second-order valence-corrected chi connectivity index (χ2v) is 7.23. The molecule has 0 N–H and O–H groups in total. The molecule has 0 spiro atoms. The molecule has 0 bridgehead atoms. The van der Waals surface area contributed by atoms with Crippen molar-refractivity contribution in [3.63, 3.8) is 0 Å². The highest BCUT2D eigenvalue weighted by Crippen LogP contribution is 2.21. The molecule has 3 aromatic rings. The van der Waals surface area contributed by atoms with Crippen LogP contribution in [0.1, 0.15) is 18.9 Å². The van der Waals surface area contributed by atoms with Crippen molar-refractivity contribution in [2.75, 3.05) is 31.6 Å². The standard InChI is InChI=1S/C25H27N3O2/c1-3-30-24-13-11-23(12-14-24)28(16-6-15-26)25(29)19-27(2)18-20-9-10-21-7-4-5-8-22(21)17-20/h4-5,7-14,17H,3,6,16,18-19H2,1-2H3. The maximum atomic E-state index is 13.0. The van der Waals surface area contributed by atoms with Gasteiger partial charge >= 0.3 is 0 Å². The van der Waals surface area contributed by atoms with E-state index >= 15 is 0 Å². The van der Waals surface area contributed by atoms with Crippen molar-refractivity contribution in [2.24, 2.45) is 0 Å². The van der Waals surface area contributed by atoms with Gasteiger partial charge in [0.2, 0.25) is 5.91 Å². The fourth-order valence-electron chi connectivity index (χ4n) is 3.47. The van der Waals surface area contributed by atoms with Crippen molar-refractivity contribution in [3.05, 3.63) is 72.3 Å². The first-order valence-electron chi connectivity index (χ1n) is 10.2. The van der Waals surface area contributed by atoms with E-state index in [1.807, 2.05) is 55.3 Å². The SMILES string of the molecule is CCOc1ccc(N(CCC#N)C(=O)CN(C)Cc2ccc3ccccc3c2)cc1. The lowest BCUT2D eigenvalue weighted by Gasteiger charge is -2.25. The van der Waals surface area contributed by atoms with Gasteiger partial charge in [-0.25, -0.2) is 0 Å². The first-order chi connectivity index (χ1) is 14.6. The van der Waals surface area contributed by atoms with Crippen molar-refractivity contribution in [2.45, 2.75) is 19.9 Å². The Kier molecular flexibility index (Phi) is 7.42. The van der Waals surface area contributed by atoms with Gasteiger partial charge in [-0.1, -0.05) is 36.4 Å². The lowest BCUT2D eigenvalue weighted by atomic mass is 10.1. The molecule has 1 amide bonds. The monoisotopic (exact) mass is 401 g/mol. The van der Waals surface area contributed by atoms with E-state index < -0.39 is 0 Å². The summed E-state index contributed by atoms with van der Waals surface area (Å²) in [6.07, 6.45) is 0.285. The molecule has 0 aromatic heterocycles. The number of amides is 1. The third kappa shape index (κ3) is 5.59. The van der Waals surface area contributed by atoms with Crippen LogP contribution in [0, 0.1) is 11.3 Å². The summed E-state index contributed by atoms with van der Waals surface area (Å²) in [4.78, 5) is 16.7. The Morgan fingerprint density at radius 1 is 1.03 bits per heavy atom. The van der Waals surface area contributed by atoms with Crippen molar-refractivity contribution >= 4 is 22.4 Å². The number of hydrogen-bond donors (Lipinski definition) is 0. The number of hydrogen-bond acceptors (Lipinski definition) is 4. The Labute approximate surface area is 178 Å². The molecule has 5 heteroatoms. The van der Waals surface area contributed by atoms with E-state index in [1.54, 1.807) is 4.90 Å². The zero-order chi connectivity index (χ0) is 21.3. The van der Waals surface area contributed by atoms with Crippen molar-refractivity contribution in [1.29, 1.82) is 5.26 Å². The van der Waals surface area contributed by atoms with Gasteiger partial charge in [-0.2, -0.15) is 5.26 Å². The summed E-state index contributed by atoms with van der Waals surface area (Å²) >= 11 is 0. The highest BCUT2D eigenvalue weighted by atomic mass is 16.5. The highest BCUT2D eigenvalue weighted by Gasteiger charge is 2.17. The lowest BCUT2D eigenvalue weighted by Crippen LogP contribution is -2.39. The van der Waals surface area contributed by atoms with E-state index in [0.29, 0.717) is 19.7 Å². The number of carbonyl (C=O) groups is 1. The molecule has 0 radical (unpaired) electrons. The average Bonchev–Trinajstić information content (AvgIpc) is 2.75. The Bertz CT molecular complexity index is 1020. The number of likely N-dealkylation sites (N-methyl/N-ethyl adjacent to an activating group) is 1. The fourth-order valence-corrected chi connectivity index (χ4v) is 3.47. The van der Waals surface area contributed by atoms with E-state index in [-0.39, 0.29) is 18.9 Å². The zero-order valence-corrected chi connectivity index (χ0v) is 17.5. The number of carbonyl (C=O) groups excluding carboxylic acids is 1. The first kappa shape index (κ1) is 21.4. The maximum absolute atomic E-state index is 13.0. The molecule has 3 rings (SSSR count). The Hall–Kier alpha value is -3.36. The molecule has 0 unspecified atom stereocenters. The smallest absolute Gasteiger partial charge is 0.241 e. The lowest BCUT2D eigenvalue weighted by molar-refractivity contribution is -0.119.